The van der Waals surface area contributed by atoms with Crippen LogP contribution >= 0.6 is 0 Å². The zero-order valence-corrected chi connectivity index (χ0v) is 10.7. The van der Waals surface area contributed by atoms with Crippen molar-refractivity contribution in [2.24, 2.45) is 11.8 Å². The van der Waals surface area contributed by atoms with E-state index in [1.807, 2.05) is 0 Å². The first kappa shape index (κ1) is 14.3. The average molecular weight is 285 g/mol. The summed E-state index contributed by atoms with van der Waals surface area (Å²) in [5, 5.41) is 16.0. The van der Waals surface area contributed by atoms with Crippen molar-refractivity contribution in [3.05, 3.63) is 33.9 Å². The molecule has 6 nitrogen and oxygen atoms in total. The Balaban J connectivity index is 2.23. The van der Waals surface area contributed by atoms with Crippen molar-refractivity contribution in [1.82, 2.24) is 5.32 Å². The second-order valence-electron chi connectivity index (χ2n) is 4.74. The van der Waals surface area contributed by atoms with E-state index in [9.17, 15) is 23.7 Å². The maximum absolute atomic E-state index is 13.6. The molecule has 1 aliphatic rings. The molecular formula is C12H13F2N3O3. The fourth-order valence-corrected chi connectivity index (χ4v) is 1.94. The first-order valence-corrected chi connectivity index (χ1v) is 6.05. The monoisotopic (exact) mass is 285 g/mol. The lowest BCUT2D eigenvalue weighted by atomic mass is 9.88. The zero-order valence-electron chi connectivity index (χ0n) is 10.7. The minimum Gasteiger partial charge on any atom is -0.318 e. The third kappa shape index (κ3) is 2.74. The lowest BCUT2D eigenvalue weighted by molar-refractivity contribution is -0.384. The quantitative estimate of drug-likeness (QED) is 0.651. The van der Waals surface area contributed by atoms with Gasteiger partial charge in [-0.2, -0.15) is 0 Å². The molecular weight excluding hydrogens is 272 g/mol. The molecule has 1 heterocycles. The standard InChI is InChI=1S/C12H13F2N3O3/c1-6(7-4-15-5-7)12(18)16-11-9(14)2-8(13)3-10(11)17(19)20/h2-3,6-7,15H,4-5H2,1H3,(H,16,18). The first-order valence-electron chi connectivity index (χ1n) is 6.05. The minimum absolute atomic E-state index is 0.109. The van der Waals surface area contributed by atoms with Crippen LogP contribution in [0.3, 0.4) is 0 Å². The summed E-state index contributed by atoms with van der Waals surface area (Å²) in [5.74, 6) is -3.06. The Morgan fingerprint density at radius 2 is 2.15 bits per heavy atom. The van der Waals surface area contributed by atoms with Gasteiger partial charge < -0.3 is 10.6 Å². The predicted octanol–water partition coefficient (Wildman–Crippen LogP) is 1.67. The van der Waals surface area contributed by atoms with Gasteiger partial charge in [0.25, 0.3) is 5.69 Å². The van der Waals surface area contributed by atoms with Gasteiger partial charge in [0.1, 0.15) is 5.82 Å². The summed E-state index contributed by atoms with van der Waals surface area (Å²) in [6.45, 7) is 3.00. The Bertz CT molecular complexity index is 561. The Labute approximate surface area is 113 Å². The molecule has 0 aromatic heterocycles. The molecule has 1 amide bonds. The molecule has 2 rings (SSSR count). The number of nitrogens with zero attached hydrogens (tertiary/aromatic N) is 1. The molecule has 108 valence electrons. The largest absolute Gasteiger partial charge is 0.318 e. The molecule has 1 aliphatic heterocycles. The Hall–Kier alpha value is -2.09. The third-order valence-corrected chi connectivity index (χ3v) is 3.41. The Morgan fingerprint density at radius 1 is 1.50 bits per heavy atom. The van der Waals surface area contributed by atoms with Gasteiger partial charge in [0.15, 0.2) is 11.5 Å². The number of nitro groups is 1. The topological polar surface area (TPSA) is 84.3 Å². The Kier molecular flexibility index (Phi) is 3.93. The van der Waals surface area contributed by atoms with Gasteiger partial charge in [-0.05, 0) is 19.0 Å². The highest BCUT2D eigenvalue weighted by Crippen LogP contribution is 2.29. The number of nitro benzene ring substituents is 1. The molecule has 0 radical (unpaired) electrons. The smallest absolute Gasteiger partial charge is 0.298 e. The maximum Gasteiger partial charge on any atom is 0.298 e. The third-order valence-electron chi connectivity index (χ3n) is 3.41. The average Bonchev–Trinajstić information content (AvgIpc) is 2.29. The van der Waals surface area contributed by atoms with Crippen molar-refractivity contribution < 1.29 is 18.5 Å². The number of hydrogen-bond donors (Lipinski definition) is 2. The second kappa shape index (κ2) is 5.49. The fourth-order valence-electron chi connectivity index (χ4n) is 1.94. The van der Waals surface area contributed by atoms with Gasteiger partial charge in [-0.3, -0.25) is 14.9 Å². The van der Waals surface area contributed by atoms with Crippen molar-refractivity contribution >= 4 is 17.3 Å². The normalized spacial score (nSPS) is 16.4. The molecule has 1 atom stereocenters. The van der Waals surface area contributed by atoms with Gasteiger partial charge in [-0.25, -0.2) is 8.78 Å². The Morgan fingerprint density at radius 3 is 2.65 bits per heavy atom. The minimum atomic E-state index is -1.16. The van der Waals surface area contributed by atoms with Crippen LogP contribution in [-0.2, 0) is 4.79 Å². The van der Waals surface area contributed by atoms with E-state index in [4.69, 9.17) is 0 Å². The number of hydrogen-bond acceptors (Lipinski definition) is 4. The molecule has 8 heteroatoms. The number of anilines is 1. The lowest BCUT2D eigenvalue weighted by Crippen LogP contribution is -2.48. The van der Waals surface area contributed by atoms with E-state index >= 15 is 0 Å². The van der Waals surface area contributed by atoms with Crippen LogP contribution in [0.2, 0.25) is 0 Å². The molecule has 0 aliphatic carbocycles. The van der Waals surface area contributed by atoms with Crippen LogP contribution in [0, 0.1) is 33.6 Å². The van der Waals surface area contributed by atoms with E-state index in [1.54, 1.807) is 6.92 Å². The predicted molar refractivity (Wildman–Crippen MR) is 67.2 cm³/mol. The van der Waals surface area contributed by atoms with Gasteiger partial charge in [0.05, 0.1) is 11.0 Å². The number of amides is 1. The SMILES string of the molecule is CC(C(=O)Nc1c(F)cc(F)cc1[N+](=O)[O-])C1CNC1. The van der Waals surface area contributed by atoms with Crippen LogP contribution in [0.1, 0.15) is 6.92 Å². The molecule has 1 aromatic rings. The van der Waals surface area contributed by atoms with Gasteiger partial charge >= 0.3 is 0 Å². The number of nitrogens with one attached hydrogen (secondary N) is 2. The van der Waals surface area contributed by atoms with E-state index in [0.717, 1.165) is 0 Å². The first-order chi connectivity index (χ1) is 9.40. The molecule has 0 saturated carbocycles. The summed E-state index contributed by atoms with van der Waals surface area (Å²) in [7, 11) is 0. The van der Waals surface area contributed by atoms with Crippen molar-refractivity contribution in [3.8, 4) is 0 Å². The van der Waals surface area contributed by atoms with Crippen LogP contribution in [0.4, 0.5) is 20.2 Å². The van der Waals surface area contributed by atoms with E-state index in [1.165, 1.54) is 0 Å². The number of carbonyl (C=O) groups excluding carboxylic acids is 1. The van der Waals surface area contributed by atoms with Gasteiger partial charge in [0.2, 0.25) is 5.91 Å². The highest BCUT2D eigenvalue weighted by atomic mass is 19.1. The van der Waals surface area contributed by atoms with Crippen molar-refractivity contribution in [3.63, 3.8) is 0 Å². The summed E-state index contributed by atoms with van der Waals surface area (Å²) in [6.07, 6.45) is 0. The number of rotatable bonds is 4. The van der Waals surface area contributed by atoms with E-state index < -0.39 is 39.8 Å². The highest BCUT2D eigenvalue weighted by molar-refractivity contribution is 5.94. The van der Waals surface area contributed by atoms with E-state index in [2.05, 4.69) is 10.6 Å². The molecule has 1 fully saturated rings. The maximum atomic E-state index is 13.6. The van der Waals surface area contributed by atoms with Crippen LogP contribution in [0.15, 0.2) is 12.1 Å². The van der Waals surface area contributed by atoms with Crippen LogP contribution in [-0.4, -0.2) is 23.9 Å². The summed E-state index contributed by atoms with van der Waals surface area (Å²) in [5.41, 5.74) is -1.39. The molecule has 1 aromatic carbocycles. The number of carbonyl (C=O) groups is 1. The van der Waals surface area contributed by atoms with Crippen LogP contribution in [0.5, 0.6) is 0 Å². The number of benzene rings is 1. The van der Waals surface area contributed by atoms with E-state index in [0.29, 0.717) is 25.2 Å². The van der Waals surface area contributed by atoms with Gasteiger partial charge in [0, 0.05) is 12.0 Å². The molecule has 20 heavy (non-hydrogen) atoms. The molecule has 0 spiro atoms. The van der Waals surface area contributed by atoms with Crippen LogP contribution < -0.4 is 10.6 Å². The van der Waals surface area contributed by atoms with Crippen molar-refractivity contribution in [2.75, 3.05) is 18.4 Å². The molecule has 2 N–H and O–H groups in total. The molecule has 1 unspecified atom stereocenters. The van der Waals surface area contributed by atoms with Gasteiger partial charge in [-0.15, -0.1) is 0 Å². The summed E-state index contributed by atoms with van der Waals surface area (Å²) < 4.78 is 26.6. The summed E-state index contributed by atoms with van der Waals surface area (Å²) in [4.78, 5) is 21.8. The van der Waals surface area contributed by atoms with E-state index in [-0.39, 0.29) is 5.92 Å². The van der Waals surface area contributed by atoms with Crippen molar-refractivity contribution in [2.45, 2.75) is 6.92 Å². The van der Waals surface area contributed by atoms with Gasteiger partial charge in [-0.1, -0.05) is 6.92 Å². The molecule has 1 saturated heterocycles. The summed E-state index contributed by atoms with van der Waals surface area (Å²) in [6, 6.07) is 1.08. The zero-order chi connectivity index (χ0) is 14.9. The summed E-state index contributed by atoms with van der Waals surface area (Å²) >= 11 is 0. The van der Waals surface area contributed by atoms with Crippen LogP contribution in [0.25, 0.3) is 0 Å². The van der Waals surface area contributed by atoms with Crippen molar-refractivity contribution in [1.29, 1.82) is 0 Å². The second-order valence-corrected chi connectivity index (χ2v) is 4.74. The molecule has 0 bridgehead atoms. The highest BCUT2D eigenvalue weighted by Gasteiger charge is 2.31. The number of halogens is 2. The lowest BCUT2D eigenvalue weighted by Gasteiger charge is -2.31. The fraction of sp³-hybridized carbons (Fsp3) is 0.417.